The minimum atomic E-state index is -1.32. The Balaban J connectivity index is 1.05. The van der Waals surface area contributed by atoms with Gasteiger partial charge in [-0.1, -0.05) is 219 Å². The molecule has 1 amide bonds. The molecule has 2 N–H and O–H groups in total. The lowest BCUT2D eigenvalue weighted by Gasteiger charge is -2.31. The summed E-state index contributed by atoms with van der Waals surface area (Å²) in [6.45, 7) is 22.1. The second-order valence-corrected chi connectivity index (χ2v) is 32.3. The van der Waals surface area contributed by atoms with Crippen molar-refractivity contribution in [2.45, 2.75) is 193 Å². The van der Waals surface area contributed by atoms with Crippen LogP contribution in [0.2, 0.25) is 0 Å². The Morgan fingerprint density at radius 2 is 0.380 bits per heavy atom. The van der Waals surface area contributed by atoms with Crippen molar-refractivity contribution in [3.8, 4) is 0 Å². The van der Waals surface area contributed by atoms with E-state index in [-0.39, 0.29) is 50.6 Å². The molecular weight excluding hydrogens is 1780 g/mol. The van der Waals surface area contributed by atoms with Crippen LogP contribution in [0.15, 0.2) is 91.0 Å². The third kappa shape index (κ3) is 86.5. The van der Waals surface area contributed by atoms with Gasteiger partial charge in [0.05, 0.1) is 324 Å². The van der Waals surface area contributed by atoms with Gasteiger partial charge in [-0.25, -0.2) is 0 Å². The van der Waals surface area contributed by atoms with Crippen LogP contribution < -0.4 is 5.32 Å². The number of carbonyl (C=O) groups excluding carboxylic acids is 4. The van der Waals surface area contributed by atoms with Crippen LogP contribution in [0.4, 0.5) is 0 Å². The summed E-state index contributed by atoms with van der Waals surface area (Å²) >= 11 is 0. The molecule has 0 radical (unpaired) electrons. The molecule has 0 saturated heterocycles. The molecule has 0 aromatic heterocycles. The van der Waals surface area contributed by atoms with E-state index in [1.165, 1.54) is 12.8 Å². The highest BCUT2D eigenvalue weighted by molar-refractivity contribution is 6.02. The van der Waals surface area contributed by atoms with Gasteiger partial charge in [0, 0.05) is 19.4 Å². The monoisotopic (exact) mass is 1950 g/mol. The average molecular weight is 1960 g/mol. The van der Waals surface area contributed by atoms with E-state index < -0.39 is 17.4 Å². The highest BCUT2D eigenvalue weighted by atomic mass is 16.6. The third-order valence-electron chi connectivity index (χ3n) is 21.0. The van der Waals surface area contributed by atoms with E-state index in [2.05, 4.69) is 5.32 Å². The molecule has 3 aromatic carbocycles. The van der Waals surface area contributed by atoms with Gasteiger partial charge in [0.2, 0.25) is 5.91 Å². The maximum atomic E-state index is 14.6. The lowest BCUT2D eigenvalue weighted by atomic mass is 9.76. The first kappa shape index (κ1) is 125. The van der Waals surface area contributed by atoms with E-state index in [0.717, 1.165) is 145 Å². The van der Waals surface area contributed by atoms with Gasteiger partial charge in [0.15, 0.2) is 0 Å². The number of carbonyl (C=O) groups is 5. The molecular formula is C103H175NO33. The Morgan fingerprint density at radius 1 is 0.204 bits per heavy atom. The molecule has 0 saturated carbocycles. The third-order valence-corrected chi connectivity index (χ3v) is 21.0. The molecule has 3 aromatic rings. The van der Waals surface area contributed by atoms with Gasteiger partial charge in [-0.2, -0.15) is 0 Å². The maximum Gasteiger partial charge on any atom is 0.321 e. The van der Waals surface area contributed by atoms with Crippen molar-refractivity contribution in [2.75, 3.05) is 324 Å². The van der Waals surface area contributed by atoms with E-state index in [4.69, 9.17) is 133 Å². The topological polar surface area (TPSA) is 367 Å². The molecule has 0 aliphatic heterocycles. The van der Waals surface area contributed by atoms with Crippen LogP contribution in [0.25, 0.3) is 0 Å². The van der Waals surface area contributed by atoms with Crippen molar-refractivity contribution < 1.29 is 157 Å². The second kappa shape index (κ2) is 102. The van der Waals surface area contributed by atoms with Crippen LogP contribution in [0, 0.1) is 5.41 Å². The second-order valence-electron chi connectivity index (χ2n) is 32.3. The van der Waals surface area contributed by atoms with Gasteiger partial charge in [-0.3, -0.25) is 24.0 Å². The number of ether oxygens (including phenoxy) is 27. The molecule has 34 heteroatoms. The molecule has 0 bridgehead atoms. The fraction of sp³-hybridized carbons (Fsp3) is 0.777. The van der Waals surface area contributed by atoms with Crippen LogP contribution in [0.1, 0.15) is 190 Å². The SMILES string of the molecule is O=C(O)CCOCCOCCOCCOCCOCCOCCOCCOCCOCCOCCOCCOCCOCCOCCOCCOCCOCCOCCOCCOCCOCCOCCOCCOCCNC(=O)C(CCCCCCCCCCCCCC(=O)OCc1ccccc1)(CCCCCCCCCCCCCC(=O)OCc1ccccc1)C(=O)OCc1ccccc1. The van der Waals surface area contributed by atoms with Crippen LogP contribution in [0.3, 0.4) is 0 Å². The predicted molar refractivity (Wildman–Crippen MR) is 516 cm³/mol. The number of unbranched alkanes of at least 4 members (excludes halogenated alkanes) is 20. The van der Waals surface area contributed by atoms with Gasteiger partial charge in [-0.05, 0) is 42.4 Å². The smallest absolute Gasteiger partial charge is 0.321 e. The first-order valence-electron chi connectivity index (χ1n) is 50.7. The predicted octanol–water partition coefficient (Wildman–Crippen LogP) is 13.3. The molecule has 790 valence electrons. The fourth-order valence-corrected chi connectivity index (χ4v) is 13.4. The number of carboxylic acids is 1. The summed E-state index contributed by atoms with van der Waals surface area (Å²) in [5.74, 6) is -1.91. The number of hydrogen-bond donors (Lipinski definition) is 2. The van der Waals surface area contributed by atoms with Crippen molar-refractivity contribution in [3.05, 3.63) is 108 Å². The Hall–Kier alpha value is -5.95. The van der Waals surface area contributed by atoms with E-state index in [1.807, 2.05) is 91.0 Å². The Morgan fingerprint density at radius 3 is 0.584 bits per heavy atom. The number of carboxylic acid groups (broad SMARTS) is 1. The Kier molecular flexibility index (Phi) is 92.8. The van der Waals surface area contributed by atoms with Crippen LogP contribution in [-0.2, 0) is 172 Å². The van der Waals surface area contributed by atoms with Crippen LogP contribution in [0.5, 0.6) is 0 Å². The fourth-order valence-electron chi connectivity index (χ4n) is 13.4. The molecule has 0 fully saturated rings. The van der Waals surface area contributed by atoms with Crippen LogP contribution >= 0.6 is 0 Å². The number of esters is 3. The number of nitrogens with one attached hydrogen (secondary N) is 1. The number of aliphatic carboxylic acids is 1. The van der Waals surface area contributed by atoms with Crippen molar-refractivity contribution in [3.63, 3.8) is 0 Å². The standard InChI is InChI=1S/C103H175NO33/c105-98(106)40-44-111-46-48-113-50-52-115-54-56-117-58-60-119-62-64-121-66-68-123-70-72-125-74-76-127-78-80-129-82-84-131-86-88-133-90-91-134-89-87-132-85-83-130-81-79-128-77-75-126-73-71-124-69-67-122-65-63-120-61-59-118-57-55-116-53-51-114-49-47-112-45-43-104-101(109)103(102(110)137-94-97-36-26-21-27-37-97,41-30-17-13-9-5-1-3-7-11-15-28-38-99(107)135-92-95-32-22-19-23-33-95)42-31-18-14-10-6-2-4-8-12-16-29-39-100(108)136-93-96-34-24-20-25-35-96/h19-27,32-37H,1-18,28-31,38-94H2,(H,104,109)(H,105,106). The molecule has 0 atom stereocenters. The number of amides is 1. The summed E-state index contributed by atoms with van der Waals surface area (Å²) in [5, 5.41) is 11.6. The van der Waals surface area contributed by atoms with Gasteiger partial charge < -0.3 is 138 Å². The van der Waals surface area contributed by atoms with Gasteiger partial charge in [0.25, 0.3) is 0 Å². The maximum absolute atomic E-state index is 14.6. The minimum absolute atomic E-state index is 0.0144. The largest absolute Gasteiger partial charge is 0.481 e. The first-order chi connectivity index (χ1) is 67.8. The summed E-state index contributed by atoms with van der Waals surface area (Å²) in [6, 6.07) is 29.2. The molecule has 0 unspecified atom stereocenters. The molecule has 137 heavy (non-hydrogen) atoms. The molecule has 0 aliphatic carbocycles. The highest BCUT2D eigenvalue weighted by Gasteiger charge is 2.46. The van der Waals surface area contributed by atoms with Crippen molar-refractivity contribution >= 4 is 29.8 Å². The summed E-state index contributed by atoms with van der Waals surface area (Å²) in [7, 11) is 0. The summed E-state index contributed by atoms with van der Waals surface area (Å²) in [4.78, 5) is 63.9. The highest BCUT2D eigenvalue weighted by Crippen LogP contribution is 2.35. The van der Waals surface area contributed by atoms with E-state index in [9.17, 15) is 24.0 Å². The molecule has 0 spiro atoms. The van der Waals surface area contributed by atoms with Gasteiger partial charge in [0.1, 0.15) is 25.2 Å². The summed E-state index contributed by atoms with van der Waals surface area (Å²) < 4.78 is 150. The quantitative estimate of drug-likeness (QED) is 0.0229. The zero-order valence-electron chi connectivity index (χ0n) is 83.0. The lowest BCUT2D eigenvalue weighted by Crippen LogP contribution is -2.48. The number of rotatable bonds is 111. The Labute approximate surface area is 818 Å². The van der Waals surface area contributed by atoms with Crippen LogP contribution in [-0.4, -0.2) is 359 Å². The molecule has 0 heterocycles. The summed E-state index contributed by atoms with van der Waals surface area (Å²) in [5.41, 5.74) is 1.55. The van der Waals surface area contributed by atoms with Crippen molar-refractivity contribution in [1.82, 2.24) is 5.32 Å². The van der Waals surface area contributed by atoms with Gasteiger partial charge in [-0.15, -0.1) is 0 Å². The average Bonchev–Trinajstić information content (AvgIpc) is 0.805. The zero-order chi connectivity index (χ0) is 97.4. The van der Waals surface area contributed by atoms with E-state index >= 15 is 0 Å². The van der Waals surface area contributed by atoms with E-state index in [0.29, 0.717) is 343 Å². The van der Waals surface area contributed by atoms with Crippen molar-refractivity contribution in [1.29, 1.82) is 0 Å². The molecule has 3 rings (SSSR count). The van der Waals surface area contributed by atoms with Gasteiger partial charge >= 0.3 is 23.9 Å². The molecule has 34 nitrogen and oxygen atoms in total. The zero-order valence-corrected chi connectivity index (χ0v) is 83.0. The van der Waals surface area contributed by atoms with E-state index in [1.54, 1.807) is 0 Å². The number of benzene rings is 3. The molecule has 0 aliphatic rings. The minimum Gasteiger partial charge on any atom is -0.481 e. The number of hydrogen-bond acceptors (Lipinski definition) is 32. The Bertz CT molecular complexity index is 2970. The normalized spacial score (nSPS) is 11.6. The lowest BCUT2D eigenvalue weighted by molar-refractivity contribution is -0.164. The first-order valence-corrected chi connectivity index (χ1v) is 50.7. The van der Waals surface area contributed by atoms with Crippen molar-refractivity contribution in [2.24, 2.45) is 5.41 Å². The summed E-state index contributed by atoms with van der Waals surface area (Å²) in [6.07, 6.45) is 24.5.